The quantitative estimate of drug-likeness (QED) is 0.369. The number of benzene rings is 2. The number of ketones is 1. The van der Waals surface area contributed by atoms with Crippen LogP contribution in [0.3, 0.4) is 0 Å². The molecule has 0 amide bonds. The number of rotatable bonds is 11. The highest BCUT2D eigenvalue weighted by molar-refractivity contribution is 6.07. The number of carbonyl (C=O) groups excluding carboxylic acids is 1. The maximum atomic E-state index is 15.7. The number of nitrogens with zero attached hydrogens (tertiary/aromatic N) is 1. The summed E-state index contributed by atoms with van der Waals surface area (Å²) in [7, 11) is 0. The Hall–Kier alpha value is -3.17. The molecule has 1 atom stereocenters. The van der Waals surface area contributed by atoms with Crippen molar-refractivity contribution in [3.63, 3.8) is 0 Å². The number of amidine groups is 1. The summed E-state index contributed by atoms with van der Waals surface area (Å²) in [5.41, 5.74) is 0.700. The molecule has 0 aliphatic carbocycles. The molecule has 2 aromatic rings. The minimum atomic E-state index is -1.05. The van der Waals surface area contributed by atoms with Crippen LogP contribution in [0.1, 0.15) is 75.5 Å². The van der Waals surface area contributed by atoms with Crippen molar-refractivity contribution < 1.29 is 33.6 Å². The SMILES string of the molecule is CCOc1cc2c(c(F)c1OCC)C(=N)N(CC(=O)c1cc(OCC(O)CO)cc(C(C)(C)C)c1)C2(C)C. The summed E-state index contributed by atoms with van der Waals surface area (Å²) in [4.78, 5) is 15.2. The average molecular weight is 531 g/mol. The zero-order chi connectivity index (χ0) is 28.4. The van der Waals surface area contributed by atoms with Crippen LogP contribution in [-0.2, 0) is 11.0 Å². The van der Waals surface area contributed by atoms with Crippen molar-refractivity contribution in [2.75, 3.05) is 33.0 Å². The number of ether oxygens (including phenoxy) is 3. The molecule has 1 aliphatic heterocycles. The zero-order valence-corrected chi connectivity index (χ0v) is 23.3. The molecule has 0 saturated heterocycles. The van der Waals surface area contributed by atoms with Gasteiger partial charge in [-0.3, -0.25) is 10.2 Å². The molecule has 0 saturated carbocycles. The summed E-state index contributed by atoms with van der Waals surface area (Å²) in [6.45, 7) is 13.1. The first kappa shape index (κ1) is 29.4. The second-order valence-corrected chi connectivity index (χ2v) is 10.9. The molecule has 2 aromatic carbocycles. The van der Waals surface area contributed by atoms with Gasteiger partial charge in [-0.05, 0) is 68.5 Å². The fraction of sp³-hybridized carbons (Fsp3) is 0.517. The number of aliphatic hydroxyl groups is 2. The first-order valence-corrected chi connectivity index (χ1v) is 12.9. The van der Waals surface area contributed by atoms with E-state index in [0.717, 1.165) is 5.56 Å². The fourth-order valence-corrected chi connectivity index (χ4v) is 4.46. The Morgan fingerprint density at radius 1 is 1.11 bits per heavy atom. The Bertz CT molecular complexity index is 1200. The van der Waals surface area contributed by atoms with Crippen molar-refractivity contribution in [1.82, 2.24) is 4.90 Å². The lowest BCUT2D eigenvalue weighted by atomic mass is 9.85. The van der Waals surface area contributed by atoms with Crippen LogP contribution in [0, 0.1) is 11.2 Å². The first-order valence-electron chi connectivity index (χ1n) is 12.9. The molecule has 1 unspecified atom stereocenters. The van der Waals surface area contributed by atoms with E-state index in [-0.39, 0.29) is 53.9 Å². The van der Waals surface area contributed by atoms with Gasteiger partial charge in [0.25, 0.3) is 0 Å². The van der Waals surface area contributed by atoms with Crippen molar-refractivity contribution in [3.8, 4) is 17.2 Å². The van der Waals surface area contributed by atoms with Gasteiger partial charge in [-0.1, -0.05) is 20.8 Å². The number of carbonyl (C=O) groups is 1. The van der Waals surface area contributed by atoms with Crippen molar-refractivity contribution in [3.05, 3.63) is 52.3 Å². The minimum Gasteiger partial charge on any atom is -0.491 e. The van der Waals surface area contributed by atoms with Gasteiger partial charge in [-0.2, -0.15) is 0 Å². The van der Waals surface area contributed by atoms with E-state index in [2.05, 4.69) is 0 Å². The Kier molecular flexibility index (Phi) is 8.73. The summed E-state index contributed by atoms with van der Waals surface area (Å²) in [6.07, 6.45) is -1.05. The molecule has 1 aliphatic rings. The Morgan fingerprint density at radius 2 is 1.76 bits per heavy atom. The van der Waals surface area contributed by atoms with Crippen LogP contribution in [0.15, 0.2) is 24.3 Å². The number of halogens is 1. The van der Waals surface area contributed by atoms with Crippen LogP contribution >= 0.6 is 0 Å². The van der Waals surface area contributed by atoms with Gasteiger partial charge >= 0.3 is 0 Å². The van der Waals surface area contributed by atoms with Crippen LogP contribution in [0.25, 0.3) is 0 Å². The van der Waals surface area contributed by atoms with Gasteiger partial charge in [-0.25, -0.2) is 4.39 Å². The first-order chi connectivity index (χ1) is 17.8. The fourth-order valence-electron chi connectivity index (χ4n) is 4.46. The number of Topliss-reactive ketones (excluding diaryl/α,β-unsaturated/α-hetero) is 1. The van der Waals surface area contributed by atoms with Crippen LogP contribution < -0.4 is 14.2 Å². The second-order valence-electron chi connectivity index (χ2n) is 10.9. The highest BCUT2D eigenvalue weighted by Crippen LogP contribution is 2.46. The average Bonchev–Trinajstić information content (AvgIpc) is 3.04. The highest BCUT2D eigenvalue weighted by atomic mass is 19.1. The normalized spacial score (nSPS) is 15.3. The Balaban J connectivity index is 1.99. The van der Waals surface area contributed by atoms with Gasteiger partial charge in [-0.15, -0.1) is 0 Å². The second kappa shape index (κ2) is 11.3. The van der Waals surface area contributed by atoms with E-state index in [0.29, 0.717) is 23.5 Å². The number of nitrogens with one attached hydrogen (secondary N) is 1. The molecule has 0 fully saturated rings. The van der Waals surface area contributed by atoms with Crippen LogP contribution in [-0.4, -0.2) is 65.8 Å². The van der Waals surface area contributed by atoms with E-state index in [4.69, 9.17) is 24.7 Å². The Labute approximate surface area is 223 Å². The smallest absolute Gasteiger partial charge is 0.197 e. The van der Waals surface area contributed by atoms with Crippen molar-refractivity contribution in [1.29, 1.82) is 5.41 Å². The van der Waals surface area contributed by atoms with E-state index in [1.807, 2.05) is 34.6 Å². The van der Waals surface area contributed by atoms with E-state index in [1.165, 1.54) is 0 Å². The van der Waals surface area contributed by atoms with Crippen molar-refractivity contribution in [2.24, 2.45) is 0 Å². The number of hydrogen-bond donors (Lipinski definition) is 3. The lowest BCUT2D eigenvalue weighted by Gasteiger charge is -2.33. The molecular weight excluding hydrogens is 491 g/mol. The molecule has 3 rings (SSSR count). The lowest BCUT2D eigenvalue weighted by Crippen LogP contribution is -2.42. The molecule has 0 spiro atoms. The molecule has 9 heteroatoms. The molecule has 208 valence electrons. The van der Waals surface area contributed by atoms with Gasteiger partial charge in [0.2, 0.25) is 0 Å². The number of hydrogen-bond acceptors (Lipinski definition) is 7. The lowest BCUT2D eigenvalue weighted by molar-refractivity contribution is 0.0535. The third-order valence-electron chi connectivity index (χ3n) is 6.67. The van der Waals surface area contributed by atoms with Gasteiger partial charge in [0.05, 0.1) is 37.5 Å². The summed E-state index contributed by atoms with van der Waals surface area (Å²) in [6, 6.07) is 6.88. The van der Waals surface area contributed by atoms with Gasteiger partial charge in [0, 0.05) is 5.56 Å². The van der Waals surface area contributed by atoms with Crippen molar-refractivity contribution in [2.45, 2.75) is 65.5 Å². The predicted molar refractivity (Wildman–Crippen MR) is 143 cm³/mol. The molecule has 0 bridgehead atoms. The maximum absolute atomic E-state index is 15.7. The largest absolute Gasteiger partial charge is 0.491 e. The number of aliphatic hydroxyl groups excluding tert-OH is 2. The topological polar surface area (TPSA) is 112 Å². The highest BCUT2D eigenvalue weighted by Gasteiger charge is 2.45. The summed E-state index contributed by atoms with van der Waals surface area (Å²) in [5.74, 6) is -0.426. The maximum Gasteiger partial charge on any atom is 0.197 e. The minimum absolute atomic E-state index is 0.0356. The van der Waals surface area contributed by atoms with Gasteiger partial charge < -0.3 is 29.3 Å². The van der Waals surface area contributed by atoms with Gasteiger partial charge in [0.15, 0.2) is 23.1 Å². The molecule has 0 radical (unpaired) electrons. The third kappa shape index (κ3) is 5.78. The summed E-state index contributed by atoms with van der Waals surface area (Å²) >= 11 is 0. The van der Waals surface area contributed by atoms with Crippen LogP contribution in [0.5, 0.6) is 17.2 Å². The van der Waals surface area contributed by atoms with Crippen molar-refractivity contribution >= 4 is 11.6 Å². The van der Waals surface area contributed by atoms with Gasteiger partial charge in [0.1, 0.15) is 24.3 Å². The predicted octanol–water partition coefficient (Wildman–Crippen LogP) is 4.41. The van der Waals surface area contributed by atoms with E-state index in [9.17, 15) is 9.90 Å². The Morgan fingerprint density at radius 3 is 2.34 bits per heavy atom. The standard InChI is InChI=1S/C29H39FN2O6/c1-8-36-23-13-21-24(25(30)26(23)37-9-2)27(31)32(29(21,6)7)14-22(35)17-10-18(28(3,4)5)12-20(11-17)38-16-19(34)15-33/h10-13,19,31,33-34H,8-9,14-16H2,1-7H3. The molecule has 8 nitrogen and oxygen atoms in total. The molecule has 1 heterocycles. The summed E-state index contributed by atoms with van der Waals surface area (Å²) < 4.78 is 32.5. The monoisotopic (exact) mass is 530 g/mol. The number of fused-ring (bicyclic) bond motifs is 1. The molecular formula is C29H39FN2O6. The van der Waals surface area contributed by atoms with E-state index >= 15 is 4.39 Å². The molecule has 3 N–H and O–H groups in total. The molecule has 0 aromatic heterocycles. The summed E-state index contributed by atoms with van der Waals surface area (Å²) in [5, 5.41) is 27.6. The van der Waals surface area contributed by atoms with Crippen LogP contribution in [0.4, 0.5) is 4.39 Å². The third-order valence-corrected chi connectivity index (χ3v) is 6.67. The zero-order valence-electron chi connectivity index (χ0n) is 23.3. The van der Waals surface area contributed by atoms with Crippen LogP contribution in [0.2, 0.25) is 0 Å². The van der Waals surface area contributed by atoms with E-state index < -0.39 is 24.1 Å². The van der Waals surface area contributed by atoms with E-state index in [1.54, 1.807) is 43.0 Å². The molecule has 38 heavy (non-hydrogen) atoms.